The summed E-state index contributed by atoms with van der Waals surface area (Å²) >= 11 is 0. The van der Waals surface area contributed by atoms with Crippen molar-refractivity contribution >= 4 is 11.4 Å². The van der Waals surface area contributed by atoms with Gasteiger partial charge >= 0.3 is 0 Å². The molecule has 1 fully saturated rings. The van der Waals surface area contributed by atoms with Gasteiger partial charge in [-0.15, -0.1) is 0 Å². The van der Waals surface area contributed by atoms with Crippen molar-refractivity contribution in [3.8, 4) is 11.1 Å². The Morgan fingerprint density at radius 1 is 0.895 bits per heavy atom. The van der Waals surface area contributed by atoms with E-state index in [9.17, 15) is 0 Å². The molecule has 3 nitrogen and oxygen atoms in total. The van der Waals surface area contributed by atoms with E-state index in [1.54, 1.807) is 0 Å². The van der Waals surface area contributed by atoms with E-state index < -0.39 is 0 Å². The molecule has 98 valence electrons. The predicted octanol–water partition coefficient (Wildman–Crippen LogP) is 2.77. The topological polar surface area (TPSA) is 38.5 Å². The molecular formula is C16H18N2O. The van der Waals surface area contributed by atoms with E-state index in [-0.39, 0.29) is 0 Å². The fourth-order valence-electron chi connectivity index (χ4n) is 2.38. The Bertz CT molecular complexity index is 545. The van der Waals surface area contributed by atoms with Gasteiger partial charge in [-0.2, -0.15) is 0 Å². The molecule has 2 N–H and O–H groups in total. The van der Waals surface area contributed by atoms with Crippen molar-refractivity contribution in [3.63, 3.8) is 0 Å². The Hall–Kier alpha value is -2.00. The van der Waals surface area contributed by atoms with Gasteiger partial charge in [-0.05, 0) is 35.4 Å². The van der Waals surface area contributed by atoms with Crippen LogP contribution in [0.1, 0.15) is 0 Å². The second-order valence-electron chi connectivity index (χ2n) is 4.77. The van der Waals surface area contributed by atoms with Crippen molar-refractivity contribution in [2.75, 3.05) is 36.9 Å². The van der Waals surface area contributed by atoms with Crippen molar-refractivity contribution in [1.82, 2.24) is 0 Å². The Kier molecular flexibility index (Phi) is 3.38. The summed E-state index contributed by atoms with van der Waals surface area (Å²) in [6.45, 7) is 3.55. The van der Waals surface area contributed by atoms with Crippen molar-refractivity contribution in [3.05, 3.63) is 48.5 Å². The summed E-state index contributed by atoms with van der Waals surface area (Å²) in [4.78, 5) is 2.37. The van der Waals surface area contributed by atoms with Gasteiger partial charge in [0.2, 0.25) is 0 Å². The molecule has 0 aliphatic carbocycles. The molecule has 0 spiro atoms. The monoisotopic (exact) mass is 254 g/mol. The van der Waals surface area contributed by atoms with Crippen LogP contribution in [0.25, 0.3) is 11.1 Å². The van der Waals surface area contributed by atoms with Crippen LogP contribution in [0.4, 0.5) is 11.4 Å². The highest BCUT2D eigenvalue weighted by Crippen LogP contribution is 2.25. The van der Waals surface area contributed by atoms with Gasteiger partial charge in [0.15, 0.2) is 0 Å². The molecular weight excluding hydrogens is 236 g/mol. The molecule has 0 amide bonds. The van der Waals surface area contributed by atoms with Crippen LogP contribution < -0.4 is 10.6 Å². The number of benzene rings is 2. The average Bonchev–Trinajstić information content (AvgIpc) is 2.49. The zero-order chi connectivity index (χ0) is 13.1. The van der Waals surface area contributed by atoms with Crippen molar-refractivity contribution < 1.29 is 4.74 Å². The summed E-state index contributed by atoms with van der Waals surface area (Å²) in [7, 11) is 0. The van der Waals surface area contributed by atoms with Crippen LogP contribution in [0.2, 0.25) is 0 Å². The summed E-state index contributed by atoms with van der Waals surface area (Å²) in [5.74, 6) is 0. The van der Waals surface area contributed by atoms with Gasteiger partial charge in [-0.1, -0.05) is 24.3 Å². The Morgan fingerprint density at radius 2 is 1.63 bits per heavy atom. The quantitative estimate of drug-likeness (QED) is 0.837. The first-order valence-electron chi connectivity index (χ1n) is 6.61. The number of nitrogens with zero attached hydrogens (tertiary/aromatic N) is 1. The van der Waals surface area contributed by atoms with Crippen LogP contribution in [0, 0.1) is 0 Å². The van der Waals surface area contributed by atoms with Crippen molar-refractivity contribution in [2.24, 2.45) is 0 Å². The van der Waals surface area contributed by atoms with Gasteiger partial charge in [0.1, 0.15) is 0 Å². The number of nitrogen functional groups attached to an aromatic ring is 1. The minimum absolute atomic E-state index is 0.799. The molecule has 0 radical (unpaired) electrons. The molecule has 3 heteroatoms. The molecule has 0 bridgehead atoms. The molecule has 0 atom stereocenters. The molecule has 1 saturated heterocycles. The third kappa shape index (κ3) is 2.71. The number of nitrogens with two attached hydrogens (primary N) is 1. The molecule has 2 aromatic carbocycles. The smallest absolute Gasteiger partial charge is 0.0642 e. The first-order chi connectivity index (χ1) is 9.33. The predicted molar refractivity (Wildman–Crippen MR) is 79.3 cm³/mol. The zero-order valence-corrected chi connectivity index (χ0v) is 10.9. The number of anilines is 2. The normalized spacial score (nSPS) is 15.5. The molecule has 19 heavy (non-hydrogen) atoms. The molecule has 1 aliphatic rings. The summed E-state index contributed by atoms with van der Waals surface area (Å²) in [5.41, 5.74) is 10.2. The first-order valence-corrected chi connectivity index (χ1v) is 6.61. The Balaban J connectivity index is 1.88. The molecule has 0 saturated carbocycles. The number of hydrogen-bond acceptors (Lipinski definition) is 3. The van der Waals surface area contributed by atoms with E-state index in [0.717, 1.165) is 32.0 Å². The number of hydrogen-bond donors (Lipinski definition) is 1. The molecule has 2 aromatic rings. The minimum Gasteiger partial charge on any atom is -0.399 e. The van der Waals surface area contributed by atoms with E-state index in [1.165, 1.54) is 16.8 Å². The molecule has 0 unspecified atom stereocenters. The summed E-state index contributed by atoms with van der Waals surface area (Å²) < 4.78 is 5.39. The maximum atomic E-state index is 5.73. The van der Waals surface area contributed by atoms with Gasteiger partial charge in [0.05, 0.1) is 13.2 Å². The summed E-state index contributed by atoms with van der Waals surface area (Å²) in [6, 6.07) is 16.6. The second-order valence-corrected chi connectivity index (χ2v) is 4.77. The lowest BCUT2D eigenvalue weighted by molar-refractivity contribution is 0.122. The fraction of sp³-hybridized carbons (Fsp3) is 0.250. The SMILES string of the molecule is Nc1ccc(-c2cccc(N3CCOCC3)c2)cc1. The van der Waals surface area contributed by atoms with Crippen LogP contribution >= 0.6 is 0 Å². The highest BCUT2D eigenvalue weighted by Gasteiger charge is 2.11. The van der Waals surface area contributed by atoms with E-state index in [1.807, 2.05) is 12.1 Å². The van der Waals surface area contributed by atoms with Gasteiger partial charge in [-0.3, -0.25) is 0 Å². The maximum Gasteiger partial charge on any atom is 0.0642 e. The highest BCUT2D eigenvalue weighted by atomic mass is 16.5. The lowest BCUT2D eigenvalue weighted by atomic mass is 10.0. The van der Waals surface area contributed by atoms with Crippen LogP contribution in [0.3, 0.4) is 0 Å². The third-order valence-corrected chi connectivity index (χ3v) is 3.47. The van der Waals surface area contributed by atoms with Crippen LogP contribution in [-0.4, -0.2) is 26.3 Å². The van der Waals surface area contributed by atoms with Gasteiger partial charge < -0.3 is 15.4 Å². The van der Waals surface area contributed by atoms with Crippen LogP contribution in [0.15, 0.2) is 48.5 Å². The van der Waals surface area contributed by atoms with E-state index in [0.29, 0.717) is 0 Å². The Labute approximate surface area is 113 Å². The largest absolute Gasteiger partial charge is 0.399 e. The molecule has 1 aliphatic heterocycles. The van der Waals surface area contributed by atoms with E-state index in [2.05, 4.69) is 41.3 Å². The minimum atomic E-state index is 0.799. The van der Waals surface area contributed by atoms with Gasteiger partial charge in [0, 0.05) is 24.5 Å². The number of morpholine rings is 1. The zero-order valence-electron chi connectivity index (χ0n) is 10.9. The summed E-state index contributed by atoms with van der Waals surface area (Å²) in [6.07, 6.45) is 0. The fourth-order valence-corrected chi connectivity index (χ4v) is 2.38. The molecule has 1 heterocycles. The number of ether oxygens (including phenoxy) is 1. The van der Waals surface area contributed by atoms with Gasteiger partial charge in [-0.25, -0.2) is 0 Å². The lowest BCUT2D eigenvalue weighted by Crippen LogP contribution is -2.36. The second kappa shape index (κ2) is 5.33. The van der Waals surface area contributed by atoms with Crippen molar-refractivity contribution in [2.45, 2.75) is 0 Å². The molecule has 0 aromatic heterocycles. The third-order valence-electron chi connectivity index (χ3n) is 3.47. The summed E-state index contributed by atoms with van der Waals surface area (Å²) in [5, 5.41) is 0. The van der Waals surface area contributed by atoms with Crippen molar-refractivity contribution in [1.29, 1.82) is 0 Å². The van der Waals surface area contributed by atoms with Gasteiger partial charge in [0.25, 0.3) is 0 Å². The average molecular weight is 254 g/mol. The Morgan fingerprint density at radius 3 is 2.37 bits per heavy atom. The van der Waals surface area contributed by atoms with E-state index >= 15 is 0 Å². The standard InChI is InChI=1S/C16H18N2O/c17-15-6-4-13(5-7-15)14-2-1-3-16(12-14)18-8-10-19-11-9-18/h1-7,12H,8-11,17H2. The molecule has 3 rings (SSSR count). The maximum absolute atomic E-state index is 5.73. The van der Waals surface area contributed by atoms with Crippen LogP contribution in [-0.2, 0) is 4.74 Å². The lowest BCUT2D eigenvalue weighted by Gasteiger charge is -2.29. The van der Waals surface area contributed by atoms with E-state index in [4.69, 9.17) is 10.5 Å². The van der Waals surface area contributed by atoms with Crippen LogP contribution in [0.5, 0.6) is 0 Å². The number of rotatable bonds is 2. The highest BCUT2D eigenvalue weighted by molar-refractivity contribution is 5.69. The first kappa shape index (κ1) is 12.1.